The number of halogens is 5. The lowest BCUT2D eigenvalue weighted by atomic mass is 10.0. The first-order valence-corrected chi connectivity index (χ1v) is 11.3. The number of carbonyl (C=O) groups excluding carboxylic acids is 1. The Morgan fingerprint density at radius 2 is 1.79 bits per heavy atom. The van der Waals surface area contributed by atoms with Gasteiger partial charge in [0.15, 0.2) is 11.5 Å². The predicted molar refractivity (Wildman–Crippen MR) is 124 cm³/mol. The molecule has 0 spiro atoms. The number of nitrogens with zero attached hydrogens (tertiary/aromatic N) is 3. The average molecular weight is 502 g/mol. The third-order valence-corrected chi connectivity index (χ3v) is 6.12. The van der Waals surface area contributed by atoms with Gasteiger partial charge in [-0.2, -0.15) is 13.2 Å². The first-order valence-electron chi connectivity index (χ1n) is 11.3. The minimum atomic E-state index is -4.63. The van der Waals surface area contributed by atoms with E-state index in [0.717, 1.165) is 30.9 Å². The number of rotatable bonds is 8. The molecule has 1 amide bonds. The summed E-state index contributed by atoms with van der Waals surface area (Å²) < 4.78 is 53.0. The topological polar surface area (TPSA) is 70.2 Å². The summed E-state index contributed by atoms with van der Waals surface area (Å²) in [4.78, 5) is 14.2. The highest BCUT2D eigenvalue weighted by Crippen LogP contribution is 2.36. The van der Waals surface area contributed by atoms with Crippen LogP contribution in [0.4, 0.5) is 29.1 Å². The Morgan fingerprint density at radius 1 is 1.06 bits per heavy atom. The van der Waals surface area contributed by atoms with E-state index in [-0.39, 0.29) is 35.7 Å². The molecule has 0 unspecified atom stereocenters. The van der Waals surface area contributed by atoms with Crippen LogP contribution in [0.2, 0.25) is 0 Å². The number of benzene rings is 1. The first kappa shape index (κ1) is 26.0. The molecule has 1 aromatic heterocycles. The number of alkyl halides is 3. The summed E-state index contributed by atoms with van der Waals surface area (Å²) in [5.41, 5.74) is -0.857. The van der Waals surface area contributed by atoms with Gasteiger partial charge in [0, 0.05) is 31.4 Å². The number of aromatic nitrogens is 2. The van der Waals surface area contributed by atoms with Gasteiger partial charge in [0.2, 0.25) is 0 Å². The number of piperidine rings is 1. The van der Waals surface area contributed by atoms with Gasteiger partial charge in [-0.25, -0.2) is 4.39 Å². The van der Waals surface area contributed by atoms with E-state index in [2.05, 4.69) is 20.8 Å². The Labute approximate surface area is 201 Å². The molecule has 1 saturated carbocycles. The number of carbonyl (C=O) groups is 1. The summed E-state index contributed by atoms with van der Waals surface area (Å²) in [5.74, 6) is 0.295. The molecule has 1 aliphatic carbocycles. The maximum absolute atomic E-state index is 13.3. The van der Waals surface area contributed by atoms with E-state index in [1.54, 1.807) is 12.1 Å². The molecule has 1 aromatic carbocycles. The molecule has 0 atom stereocenters. The Balaban J connectivity index is 0.00000324. The van der Waals surface area contributed by atoms with E-state index in [4.69, 9.17) is 0 Å². The highest BCUT2D eigenvalue weighted by Gasteiger charge is 2.35. The second-order valence-corrected chi connectivity index (χ2v) is 8.71. The van der Waals surface area contributed by atoms with Crippen LogP contribution in [0.3, 0.4) is 0 Å². The van der Waals surface area contributed by atoms with Gasteiger partial charge >= 0.3 is 6.18 Å². The van der Waals surface area contributed by atoms with Crippen LogP contribution in [0.15, 0.2) is 30.3 Å². The van der Waals surface area contributed by atoms with Gasteiger partial charge in [-0.3, -0.25) is 4.79 Å². The van der Waals surface area contributed by atoms with Gasteiger partial charge in [-0.05, 0) is 61.9 Å². The molecule has 0 radical (unpaired) electrons. The molecule has 0 bridgehead atoms. The van der Waals surface area contributed by atoms with Gasteiger partial charge in [0.25, 0.3) is 5.91 Å². The van der Waals surface area contributed by atoms with Crippen molar-refractivity contribution in [2.75, 3.05) is 29.9 Å². The van der Waals surface area contributed by atoms with Crippen LogP contribution in [0.1, 0.15) is 54.6 Å². The molecule has 2 aliphatic rings. The fraction of sp³-hybridized carbons (Fsp3) is 0.522. The van der Waals surface area contributed by atoms with Crippen LogP contribution >= 0.6 is 12.4 Å². The van der Waals surface area contributed by atoms with Gasteiger partial charge in [-0.15, -0.1) is 22.6 Å². The Kier molecular flexibility index (Phi) is 8.57. The summed E-state index contributed by atoms with van der Waals surface area (Å²) >= 11 is 0. The van der Waals surface area contributed by atoms with Gasteiger partial charge in [-0.1, -0.05) is 12.8 Å². The number of anilines is 2. The predicted octanol–water partition coefficient (Wildman–Crippen LogP) is 5.06. The standard InChI is InChI=1S/C23H27F4N5O.ClH/c24-16-5-6-19(18(14-16)23(25,26)27)29-17-9-12-32(13-10-17)21-8-7-20(30-31-21)22(33)28-11-1-2-15-3-4-15;/h5-8,14-15,17,29H,1-4,9-13H2,(H,28,33);1H. The number of amides is 1. The molecule has 34 heavy (non-hydrogen) atoms. The van der Waals surface area contributed by atoms with Crippen LogP contribution in [0.25, 0.3) is 0 Å². The molecule has 6 nitrogen and oxygen atoms in total. The molecule has 1 aliphatic heterocycles. The van der Waals surface area contributed by atoms with Crippen molar-refractivity contribution in [1.82, 2.24) is 15.5 Å². The van der Waals surface area contributed by atoms with Crippen LogP contribution in [-0.4, -0.2) is 41.8 Å². The lowest BCUT2D eigenvalue weighted by molar-refractivity contribution is -0.137. The maximum Gasteiger partial charge on any atom is 0.418 e. The Hall–Kier alpha value is -2.62. The fourth-order valence-electron chi connectivity index (χ4n) is 4.05. The van der Waals surface area contributed by atoms with Crippen LogP contribution in [-0.2, 0) is 6.18 Å². The smallest absolute Gasteiger partial charge is 0.382 e. The SMILES string of the molecule is Cl.O=C(NCCCC1CC1)c1ccc(N2CCC(Nc3ccc(F)cc3C(F)(F)F)CC2)nn1. The Morgan fingerprint density at radius 3 is 2.41 bits per heavy atom. The lowest BCUT2D eigenvalue weighted by Crippen LogP contribution is -2.40. The van der Waals surface area contributed by atoms with Crippen LogP contribution in [0.5, 0.6) is 0 Å². The minimum absolute atomic E-state index is 0. The molecule has 2 heterocycles. The zero-order valence-corrected chi connectivity index (χ0v) is 19.4. The minimum Gasteiger partial charge on any atom is -0.382 e. The summed E-state index contributed by atoms with van der Waals surface area (Å²) in [6.07, 6.45) is 1.25. The molecule has 11 heteroatoms. The molecule has 4 rings (SSSR count). The van der Waals surface area contributed by atoms with Crippen molar-refractivity contribution in [2.24, 2.45) is 5.92 Å². The monoisotopic (exact) mass is 501 g/mol. The number of nitrogens with one attached hydrogen (secondary N) is 2. The molecule has 2 fully saturated rings. The highest BCUT2D eigenvalue weighted by atomic mass is 35.5. The number of hydrogen-bond acceptors (Lipinski definition) is 5. The van der Waals surface area contributed by atoms with Gasteiger partial charge in [0.1, 0.15) is 5.82 Å². The van der Waals surface area contributed by atoms with E-state index in [0.29, 0.717) is 44.4 Å². The van der Waals surface area contributed by atoms with Crippen molar-refractivity contribution in [2.45, 2.75) is 50.7 Å². The van der Waals surface area contributed by atoms with Crippen molar-refractivity contribution in [3.05, 3.63) is 47.4 Å². The second kappa shape index (κ2) is 11.2. The van der Waals surface area contributed by atoms with E-state index >= 15 is 0 Å². The third kappa shape index (κ3) is 6.94. The summed E-state index contributed by atoms with van der Waals surface area (Å²) in [5, 5.41) is 14.0. The van der Waals surface area contributed by atoms with E-state index in [1.165, 1.54) is 12.8 Å². The summed E-state index contributed by atoms with van der Waals surface area (Å²) in [6.45, 7) is 1.77. The second-order valence-electron chi connectivity index (χ2n) is 8.71. The normalized spacial score (nSPS) is 16.6. The van der Waals surface area contributed by atoms with E-state index in [1.807, 2.05) is 4.90 Å². The van der Waals surface area contributed by atoms with E-state index in [9.17, 15) is 22.4 Å². The van der Waals surface area contributed by atoms with Gasteiger partial charge < -0.3 is 15.5 Å². The van der Waals surface area contributed by atoms with Crippen molar-refractivity contribution in [3.8, 4) is 0 Å². The summed E-state index contributed by atoms with van der Waals surface area (Å²) in [7, 11) is 0. The molecule has 186 valence electrons. The molecular formula is C23H28ClF4N5O. The summed E-state index contributed by atoms with van der Waals surface area (Å²) in [6, 6.07) is 5.86. The highest BCUT2D eigenvalue weighted by molar-refractivity contribution is 5.92. The quantitative estimate of drug-likeness (QED) is 0.391. The Bertz CT molecular complexity index is 961. The van der Waals surface area contributed by atoms with Gasteiger partial charge in [0.05, 0.1) is 5.56 Å². The molecule has 1 saturated heterocycles. The zero-order valence-electron chi connectivity index (χ0n) is 18.6. The first-order chi connectivity index (χ1) is 15.8. The average Bonchev–Trinajstić information content (AvgIpc) is 3.62. The van der Waals surface area contributed by atoms with Crippen LogP contribution < -0.4 is 15.5 Å². The zero-order chi connectivity index (χ0) is 23.4. The largest absolute Gasteiger partial charge is 0.418 e. The lowest BCUT2D eigenvalue weighted by Gasteiger charge is -2.33. The fourth-order valence-corrected chi connectivity index (χ4v) is 4.05. The van der Waals surface area contributed by atoms with E-state index < -0.39 is 17.6 Å². The molecule has 2 aromatic rings. The van der Waals surface area contributed by atoms with Crippen molar-refractivity contribution >= 4 is 29.8 Å². The number of hydrogen-bond donors (Lipinski definition) is 2. The van der Waals surface area contributed by atoms with Crippen molar-refractivity contribution in [1.29, 1.82) is 0 Å². The van der Waals surface area contributed by atoms with Crippen molar-refractivity contribution in [3.63, 3.8) is 0 Å². The third-order valence-electron chi connectivity index (χ3n) is 6.12. The van der Waals surface area contributed by atoms with Crippen molar-refractivity contribution < 1.29 is 22.4 Å². The molecular weight excluding hydrogens is 474 g/mol. The molecule has 2 N–H and O–H groups in total. The maximum atomic E-state index is 13.3. The van der Waals surface area contributed by atoms with Crippen LogP contribution in [0, 0.1) is 11.7 Å².